The quantitative estimate of drug-likeness (QED) is 0.0407. The number of halogens is 7. The highest BCUT2D eigenvalue weighted by Gasteiger charge is 2.51. The van der Waals surface area contributed by atoms with Gasteiger partial charge in [0.05, 0.1) is 51.0 Å². The van der Waals surface area contributed by atoms with Crippen LogP contribution in [0, 0.1) is 23.0 Å². The molecular formula is C46H38ClF6N9O3S. The lowest BCUT2D eigenvalue weighted by Gasteiger charge is -2.26. The van der Waals surface area contributed by atoms with E-state index in [0.717, 1.165) is 35.0 Å². The Balaban J connectivity index is 1.26. The number of pyridine rings is 1. The van der Waals surface area contributed by atoms with Crippen LogP contribution < -0.4 is 25.7 Å². The first kappa shape index (κ1) is 44.6. The first-order valence-corrected chi connectivity index (χ1v) is 22.2. The maximum absolute atomic E-state index is 15.6. The second-order valence-electron chi connectivity index (χ2n) is 16.0. The molecule has 0 fully saturated rings. The molecule has 20 heteroatoms. The Hall–Kier alpha value is -6.60. The Morgan fingerprint density at radius 3 is 2.58 bits per heavy atom. The third kappa shape index (κ3) is 7.76. The smallest absolute Gasteiger partial charge is 0.292 e. The lowest BCUT2D eigenvalue weighted by molar-refractivity contribution is -0.123. The van der Waals surface area contributed by atoms with Crippen LogP contribution in [0.15, 0.2) is 77.7 Å². The molecule has 12 nitrogen and oxygen atoms in total. The van der Waals surface area contributed by atoms with Gasteiger partial charge in [-0.25, -0.2) is 22.5 Å². The monoisotopic (exact) mass is 945 g/mol. The third-order valence-corrected chi connectivity index (χ3v) is 12.6. The number of nitrogens with one attached hydrogen (secondary N) is 4. The normalized spacial score (nSPS) is 15.5. The van der Waals surface area contributed by atoms with Crippen molar-refractivity contribution in [1.29, 1.82) is 5.41 Å². The van der Waals surface area contributed by atoms with E-state index >= 15 is 13.6 Å². The number of alkyl halides is 4. The van der Waals surface area contributed by atoms with Crippen molar-refractivity contribution in [2.75, 3.05) is 25.2 Å². The summed E-state index contributed by atoms with van der Waals surface area (Å²) in [6.07, 6.45) is 0.0435. The number of amidine groups is 1. The van der Waals surface area contributed by atoms with Gasteiger partial charge in [0, 0.05) is 60.8 Å². The largest absolute Gasteiger partial charge is 0.493 e. The molecule has 4 N–H and O–H groups in total. The van der Waals surface area contributed by atoms with Crippen LogP contribution in [0.1, 0.15) is 58.9 Å². The minimum absolute atomic E-state index is 0.00135. The van der Waals surface area contributed by atoms with E-state index in [2.05, 4.69) is 25.4 Å². The molecule has 2 aliphatic rings. The Morgan fingerprint density at radius 2 is 1.85 bits per heavy atom. The van der Waals surface area contributed by atoms with Crippen LogP contribution >= 0.6 is 23.5 Å². The van der Waals surface area contributed by atoms with Crippen molar-refractivity contribution in [3.8, 4) is 22.6 Å². The van der Waals surface area contributed by atoms with Crippen LogP contribution in [0.4, 0.5) is 32.0 Å². The summed E-state index contributed by atoms with van der Waals surface area (Å²) in [5.41, 5.74) is 0.841. The molecule has 7 aromatic rings. The summed E-state index contributed by atoms with van der Waals surface area (Å²) in [5, 5.41) is 19.4. The third-order valence-electron chi connectivity index (χ3n) is 11.9. The van der Waals surface area contributed by atoms with E-state index in [1.165, 1.54) is 30.7 Å². The molecule has 1 aliphatic heterocycles. The van der Waals surface area contributed by atoms with Crippen molar-refractivity contribution in [3.63, 3.8) is 0 Å². The number of amides is 1. The Morgan fingerprint density at radius 1 is 1.08 bits per heavy atom. The van der Waals surface area contributed by atoms with E-state index in [1.807, 2.05) is 18.2 Å². The number of ether oxygens (including phenoxy) is 1. The molecule has 0 spiro atoms. The van der Waals surface area contributed by atoms with Crippen LogP contribution in [0.2, 0.25) is 5.02 Å². The van der Waals surface area contributed by atoms with Crippen LogP contribution in [0.3, 0.4) is 0 Å². The van der Waals surface area contributed by atoms with Crippen LogP contribution in [0.25, 0.3) is 38.6 Å². The average molecular weight is 946 g/mol. The summed E-state index contributed by atoms with van der Waals surface area (Å²) in [5.74, 6) is -7.54. The first-order chi connectivity index (χ1) is 31.6. The zero-order chi connectivity index (χ0) is 46.8. The van der Waals surface area contributed by atoms with E-state index < -0.39 is 78.2 Å². The number of rotatable bonds is 12. The van der Waals surface area contributed by atoms with Crippen LogP contribution in [-0.4, -0.2) is 56.0 Å². The SMILES string of the molecule is CNc1c(-n2c(C(Cc3cc(F)cc(F)c3)NC(=O)Cn3nc(C(F)F)c4c3C(F)(F)C(C)C4)nc3cc(-c4ccc5c6c(ccnc46)CCO5)ccc3c2=O)ccc(Cl)c1C(=N)NSC. The summed E-state index contributed by atoms with van der Waals surface area (Å²) in [4.78, 5) is 39.2. The van der Waals surface area contributed by atoms with Crippen molar-refractivity contribution in [2.24, 2.45) is 5.92 Å². The number of fused-ring (bicyclic) bond motifs is 2. The van der Waals surface area contributed by atoms with Crippen molar-refractivity contribution in [2.45, 2.75) is 51.1 Å². The summed E-state index contributed by atoms with van der Waals surface area (Å²) in [7, 11) is 1.54. The van der Waals surface area contributed by atoms with E-state index in [0.29, 0.717) is 46.2 Å². The molecule has 0 saturated carbocycles. The van der Waals surface area contributed by atoms with Gasteiger partial charge in [0.25, 0.3) is 17.9 Å². The predicted octanol–water partition coefficient (Wildman–Crippen LogP) is 9.22. The van der Waals surface area contributed by atoms with E-state index in [1.54, 1.807) is 30.7 Å². The molecule has 4 heterocycles. The molecule has 0 radical (unpaired) electrons. The zero-order valence-electron chi connectivity index (χ0n) is 35.2. The molecule has 3 aromatic heterocycles. The molecule has 2 unspecified atom stereocenters. The maximum Gasteiger partial charge on any atom is 0.292 e. The number of benzene rings is 4. The molecule has 66 heavy (non-hydrogen) atoms. The fourth-order valence-electron chi connectivity index (χ4n) is 8.97. The standard InChI is InChI=1S/C46H38ClF6N9O3S/c1-21-14-29-39(42(50)51)59-61(41(29)46(21,52)53)20-35(63)57-32(17-22-15-25(48)19-26(49)16-22)44-58-31-18-24(27-6-9-34-36-23(11-13-65-34)10-12-56-38(27)36)4-5-28(31)45(64)62(44)33-8-7-30(47)37(40(33)55-2)43(54)60-66-3/h4-10,12,15-16,18-19,21,32,42,55H,11,13-14,17,20H2,1-3H3,(H2,54,60)(H,57,63). The molecule has 340 valence electrons. The van der Waals surface area contributed by atoms with E-state index in [-0.39, 0.29) is 55.7 Å². The number of anilines is 1. The van der Waals surface area contributed by atoms with Gasteiger partial charge in [-0.15, -0.1) is 0 Å². The Labute approximate surface area is 381 Å². The molecule has 2 atom stereocenters. The predicted molar refractivity (Wildman–Crippen MR) is 240 cm³/mol. The lowest BCUT2D eigenvalue weighted by Crippen LogP contribution is -2.38. The maximum atomic E-state index is 15.6. The number of hydrogen-bond acceptors (Lipinski definition) is 9. The molecule has 1 aliphatic carbocycles. The van der Waals surface area contributed by atoms with Gasteiger partial charge in [-0.05, 0) is 77.7 Å². The summed E-state index contributed by atoms with van der Waals surface area (Å²) >= 11 is 7.79. The van der Waals surface area contributed by atoms with Crippen molar-refractivity contribution < 1.29 is 35.9 Å². The van der Waals surface area contributed by atoms with Gasteiger partial charge in [0.1, 0.15) is 47.0 Å². The zero-order valence-corrected chi connectivity index (χ0v) is 36.8. The van der Waals surface area contributed by atoms with E-state index in [4.69, 9.17) is 26.7 Å². The fourth-order valence-corrected chi connectivity index (χ4v) is 9.53. The lowest BCUT2D eigenvalue weighted by atomic mass is 9.96. The number of carbonyl (C=O) groups is 1. The average Bonchev–Trinajstić information content (AvgIpc) is 3.75. The topological polar surface area (TPSA) is 152 Å². The van der Waals surface area contributed by atoms with Crippen LogP contribution in [0.5, 0.6) is 5.75 Å². The molecule has 4 aromatic carbocycles. The number of carbonyl (C=O) groups excluding carboxylic acids is 1. The van der Waals surface area contributed by atoms with Crippen molar-refractivity contribution >= 4 is 62.8 Å². The molecule has 9 rings (SSSR count). The second kappa shape index (κ2) is 17.3. The summed E-state index contributed by atoms with van der Waals surface area (Å²) < 4.78 is 99.7. The fraction of sp³-hybridized carbons (Fsp3) is 0.261. The van der Waals surface area contributed by atoms with Gasteiger partial charge < -0.3 is 20.1 Å². The highest BCUT2D eigenvalue weighted by molar-refractivity contribution is 7.97. The number of aromatic nitrogens is 5. The van der Waals surface area contributed by atoms with Gasteiger partial charge in [-0.3, -0.25) is 29.2 Å². The van der Waals surface area contributed by atoms with Gasteiger partial charge in [0.2, 0.25) is 5.91 Å². The minimum atomic E-state index is -3.60. The van der Waals surface area contributed by atoms with Crippen molar-refractivity contribution in [1.82, 2.24) is 34.4 Å². The molecule has 0 bridgehead atoms. The van der Waals surface area contributed by atoms with Gasteiger partial charge >= 0.3 is 0 Å². The van der Waals surface area contributed by atoms with Gasteiger partial charge in [-0.2, -0.15) is 13.9 Å². The Kier molecular flexibility index (Phi) is 11.7. The number of hydrogen-bond donors (Lipinski definition) is 4. The summed E-state index contributed by atoms with van der Waals surface area (Å²) in [6, 6.07) is 14.7. The second-order valence-corrected chi connectivity index (χ2v) is 17.0. The van der Waals surface area contributed by atoms with Crippen LogP contribution in [-0.2, 0) is 36.5 Å². The van der Waals surface area contributed by atoms with E-state index in [9.17, 15) is 22.4 Å². The first-order valence-electron chi connectivity index (χ1n) is 20.6. The number of nitrogens with zero attached hydrogens (tertiary/aromatic N) is 5. The van der Waals surface area contributed by atoms with Gasteiger partial charge in [-0.1, -0.05) is 36.5 Å². The Bertz CT molecular complexity index is 3170. The molecular weight excluding hydrogens is 908 g/mol. The molecule has 0 saturated heterocycles. The van der Waals surface area contributed by atoms with Gasteiger partial charge in [0.15, 0.2) is 0 Å². The summed E-state index contributed by atoms with van der Waals surface area (Å²) in [6.45, 7) is 0.743. The van der Waals surface area contributed by atoms with Crippen molar-refractivity contribution in [3.05, 3.63) is 139 Å². The molecule has 1 amide bonds. The highest BCUT2D eigenvalue weighted by atomic mass is 35.5. The highest BCUT2D eigenvalue weighted by Crippen LogP contribution is 2.48. The minimum Gasteiger partial charge on any atom is -0.493 e.